The van der Waals surface area contributed by atoms with Crippen molar-refractivity contribution in [3.05, 3.63) is 12.2 Å². The summed E-state index contributed by atoms with van der Waals surface area (Å²) in [7, 11) is 1.49. The van der Waals surface area contributed by atoms with Crippen LogP contribution in [0.1, 0.15) is 6.92 Å². The van der Waals surface area contributed by atoms with Crippen molar-refractivity contribution >= 4 is 5.97 Å². The van der Waals surface area contributed by atoms with Crippen molar-refractivity contribution in [1.82, 2.24) is 0 Å². The molecule has 0 N–H and O–H groups in total. The highest BCUT2D eigenvalue weighted by Crippen LogP contribution is 1.91. The molecule has 4 heteroatoms. The van der Waals surface area contributed by atoms with Crippen LogP contribution in [0, 0.1) is 0 Å². The zero-order chi connectivity index (χ0) is 8.69. The van der Waals surface area contributed by atoms with E-state index in [0.717, 1.165) is 0 Å². The summed E-state index contributed by atoms with van der Waals surface area (Å²) in [4.78, 5) is 10.7. The lowest BCUT2D eigenvalue weighted by molar-refractivity contribution is -0.161. The molecule has 0 unspecified atom stereocenters. The zero-order valence-corrected chi connectivity index (χ0v) is 6.75. The highest BCUT2D eigenvalue weighted by atomic mass is 16.7. The second-order valence-corrected chi connectivity index (χ2v) is 1.94. The summed E-state index contributed by atoms with van der Waals surface area (Å²) in [5.74, 6) is -0.457. The highest BCUT2D eigenvalue weighted by Gasteiger charge is 2.00. The summed E-state index contributed by atoms with van der Waals surface area (Å²) in [6.07, 6.45) is 0. The van der Waals surface area contributed by atoms with Crippen LogP contribution in [-0.2, 0) is 19.0 Å². The molecule has 0 aliphatic carbocycles. The van der Waals surface area contributed by atoms with Crippen molar-refractivity contribution in [2.45, 2.75) is 6.92 Å². The Labute approximate surface area is 65.7 Å². The molecule has 0 heterocycles. The lowest BCUT2D eigenvalue weighted by Gasteiger charge is -2.03. The van der Waals surface area contributed by atoms with Crippen LogP contribution >= 0.6 is 0 Å². The van der Waals surface area contributed by atoms with Crippen molar-refractivity contribution in [2.24, 2.45) is 0 Å². The molecule has 0 rings (SSSR count). The van der Waals surface area contributed by atoms with Gasteiger partial charge in [-0.2, -0.15) is 0 Å². The van der Waals surface area contributed by atoms with E-state index in [0.29, 0.717) is 5.57 Å². The van der Waals surface area contributed by atoms with Gasteiger partial charge in [0.05, 0.1) is 0 Å². The molecular formula is C7H12O4. The van der Waals surface area contributed by atoms with Crippen LogP contribution in [0.5, 0.6) is 0 Å². The first-order chi connectivity index (χ1) is 5.18. The minimum atomic E-state index is -0.457. The average Bonchev–Trinajstić information content (AvgIpc) is 1.97. The van der Waals surface area contributed by atoms with Crippen molar-refractivity contribution in [1.29, 1.82) is 0 Å². The van der Waals surface area contributed by atoms with E-state index in [1.807, 2.05) is 0 Å². The maximum absolute atomic E-state index is 10.7. The number of ether oxygens (including phenoxy) is 3. The fraction of sp³-hybridized carbons (Fsp3) is 0.571. The first-order valence-electron chi connectivity index (χ1n) is 3.07. The van der Waals surface area contributed by atoms with Crippen LogP contribution in [-0.4, -0.2) is 26.7 Å². The first kappa shape index (κ1) is 10.1. The Morgan fingerprint density at radius 3 is 2.55 bits per heavy atom. The molecule has 4 nitrogen and oxygen atoms in total. The summed E-state index contributed by atoms with van der Waals surface area (Å²) in [6, 6.07) is 0. The maximum Gasteiger partial charge on any atom is 0.335 e. The molecule has 0 spiro atoms. The third kappa shape index (κ3) is 5.57. The number of esters is 1. The molecular weight excluding hydrogens is 148 g/mol. The monoisotopic (exact) mass is 160 g/mol. The summed E-state index contributed by atoms with van der Waals surface area (Å²) in [6.45, 7) is 4.98. The number of hydrogen-bond acceptors (Lipinski definition) is 4. The first-order valence-corrected chi connectivity index (χ1v) is 3.07. The maximum atomic E-state index is 10.7. The van der Waals surface area contributed by atoms with Crippen LogP contribution < -0.4 is 0 Å². The van der Waals surface area contributed by atoms with E-state index in [1.165, 1.54) is 7.11 Å². The van der Waals surface area contributed by atoms with E-state index in [9.17, 15) is 4.79 Å². The summed E-state index contributed by atoms with van der Waals surface area (Å²) >= 11 is 0. The highest BCUT2D eigenvalue weighted by molar-refractivity contribution is 5.86. The van der Waals surface area contributed by atoms with Gasteiger partial charge in [0.25, 0.3) is 0 Å². The summed E-state index contributed by atoms with van der Waals surface area (Å²) in [5, 5.41) is 0. The zero-order valence-electron chi connectivity index (χ0n) is 6.75. The average molecular weight is 160 g/mol. The molecule has 0 atom stereocenters. The van der Waals surface area contributed by atoms with Crippen molar-refractivity contribution in [2.75, 3.05) is 20.7 Å². The molecule has 0 saturated heterocycles. The molecule has 64 valence electrons. The Hall–Kier alpha value is -0.870. The van der Waals surface area contributed by atoms with Gasteiger partial charge >= 0.3 is 5.97 Å². The molecule has 0 fully saturated rings. The van der Waals surface area contributed by atoms with Gasteiger partial charge in [-0.25, -0.2) is 4.79 Å². The SMILES string of the molecule is C=C(C)C(=O)OCOCOC. The second kappa shape index (κ2) is 5.88. The molecule has 0 radical (unpaired) electrons. The van der Waals surface area contributed by atoms with Crippen molar-refractivity contribution in [3.63, 3.8) is 0 Å². The Kier molecular flexibility index (Phi) is 5.42. The van der Waals surface area contributed by atoms with E-state index < -0.39 is 5.97 Å². The van der Waals surface area contributed by atoms with E-state index in [-0.39, 0.29) is 13.6 Å². The minimum Gasteiger partial charge on any atom is -0.435 e. The number of carbonyl (C=O) groups excluding carboxylic acids is 1. The smallest absolute Gasteiger partial charge is 0.335 e. The van der Waals surface area contributed by atoms with Crippen molar-refractivity contribution < 1.29 is 19.0 Å². The number of methoxy groups -OCH3 is 1. The van der Waals surface area contributed by atoms with Gasteiger partial charge < -0.3 is 14.2 Å². The third-order valence-electron chi connectivity index (χ3n) is 0.823. The van der Waals surface area contributed by atoms with Gasteiger partial charge in [0, 0.05) is 12.7 Å². The number of carbonyl (C=O) groups is 1. The van der Waals surface area contributed by atoms with Gasteiger partial charge in [0.2, 0.25) is 0 Å². The Morgan fingerprint density at radius 1 is 1.45 bits per heavy atom. The van der Waals surface area contributed by atoms with Crippen LogP contribution in [0.4, 0.5) is 0 Å². The molecule has 0 aromatic carbocycles. The van der Waals surface area contributed by atoms with Gasteiger partial charge in [0.1, 0.15) is 6.79 Å². The Bertz CT molecular complexity index is 141. The van der Waals surface area contributed by atoms with Gasteiger partial charge in [-0.1, -0.05) is 6.58 Å². The number of hydrogen-bond donors (Lipinski definition) is 0. The Morgan fingerprint density at radius 2 is 2.09 bits per heavy atom. The molecule has 0 aliphatic rings. The molecule has 0 bridgehead atoms. The van der Waals surface area contributed by atoms with E-state index >= 15 is 0 Å². The van der Waals surface area contributed by atoms with Crippen LogP contribution in [0.3, 0.4) is 0 Å². The van der Waals surface area contributed by atoms with Gasteiger partial charge in [-0.15, -0.1) is 0 Å². The predicted octanol–water partition coefficient (Wildman–Crippen LogP) is 0.684. The van der Waals surface area contributed by atoms with Gasteiger partial charge in [-0.3, -0.25) is 0 Å². The third-order valence-corrected chi connectivity index (χ3v) is 0.823. The quantitative estimate of drug-likeness (QED) is 0.257. The van der Waals surface area contributed by atoms with Gasteiger partial charge in [-0.05, 0) is 6.92 Å². The summed E-state index contributed by atoms with van der Waals surface area (Å²) < 4.78 is 13.8. The standard InChI is InChI=1S/C7H12O4/c1-6(2)7(8)11-5-10-4-9-3/h1,4-5H2,2-3H3. The lowest BCUT2D eigenvalue weighted by atomic mass is 10.4. The minimum absolute atomic E-state index is 0.0977. The second-order valence-electron chi connectivity index (χ2n) is 1.94. The van der Waals surface area contributed by atoms with Crippen LogP contribution in [0.15, 0.2) is 12.2 Å². The summed E-state index contributed by atoms with van der Waals surface area (Å²) in [5.41, 5.74) is 0.353. The van der Waals surface area contributed by atoms with Crippen LogP contribution in [0.2, 0.25) is 0 Å². The fourth-order valence-electron chi connectivity index (χ4n) is 0.336. The molecule has 0 aliphatic heterocycles. The van der Waals surface area contributed by atoms with Crippen molar-refractivity contribution in [3.8, 4) is 0 Å². The molecule has 0 saturated carbocycles. The molecule has 0 amide bonds. The Balaban J connectivity index is 3.25. The number of rotatable bonds is 5. The van der Waals surface area contributed by atoms with E-state index in [2.05, 4.69) is 16.1 Å². The lowest BCUT2D eigenvalue weighted by Crippen LogP contribution is -2.09. The fourth-order valence-corrected chi connectivity index (χ4v) is 0.336. The predicted molar refractivity (Wildman–Crippen MR) is 38.7 cm³/mol. The van der Waals surface area contributed by atoms with E-state index in [1.54, 1.807) is 6.92 Å². The normalized spacial score (nSPS) is 9.27. The molecule has 11 heavy (non-hydrogen) atoms. The largest absolute Gasteiger partial charge is 0.435 e. The molecule has 0 aromatic heterocycles. The van der Waals surface area contributed by atoms with E-state index in [4.69, 9.17) is 4.74 Å². The topological polar surface area (TPSA) is 44.8 Å². The molecule has 0 aromatic rings. The van der Waals surface area contributed by atoms with Crippen LogP contribution in [0.25, 0.3) is 0 Å². The van der Waals surface area contributed by atoms with Gasteiger partial charge in [0.15, 0.2) is 6.79 Å².